The molecule has 0 saturated carbocycles. The van der Waals surface area contributed by atoms with Crippen LogP contribution in [0.4, 0.5) is 5.82 Å². The van der Waals surface area contributed by atoms with Crippen LogP contribution in [0.5, 0.6) is 0 Å². The molecule has 4 nitrogen and oxygen atoms in total. The molecule has 16 heavy (non-hydrogen) atoms. The zero-order chi connectivity index (χ0) is 12.1. The SMILES string of the molecule is Cc1nc(Cl)cc(N[C@@H](CCO)C(C)C)n1. The van der Waals surface area contributed by atoms with Gasteiger partial charge in [0.1, 0.15) is 16.8 Å². The van der Waals surface area contributed by atoms with Gasteiger partial charge in [-0.3, -0.25) is 0 Å². The van der Waals surface area contributed by atoms with Gasteiger partial charge in [0, 0.05) is 18.7 Å². The Morgan fingerprint density at radius 3 is 2.62 bits per heavy atom. The third kappa shape index (κ3) is 3.94. The van der Waals surface area contributed by atoms with Crippen molar-refractivity contribution < 1.29 is 5.11 Å². The average Bonchev–Trinajstić information content (AvgIpc) is 2.15. The number of aromatic nitrogens is 2. The Bertz CT molecular complexity index is 324. The standard InChI is InChI=1S/C11H18ClN3O/c1-7(2)9(4-5-16)15-11-6-10(12)13-8(3)14-11/h6-7,9,16H,4-5H2,1-3H3,(H,13,14,15)/t9-/m0/s1. The fourth-order valence-electron chi connectivity index (χ4n) is 1.51. The molecule has 5 heteroatoms. The minimum absolute atomic E-state index is 0.160. The predicted molar refractivity (Wildman–Crippen MR) is 65.7 cm³/mol. The van der Waals surface area contributed by atoms with Crippen LogP contribution in [0.2, 0.25) is 5.15 Å². The van der Waals surface area contributed by atoms with Crippen molar-refractivity contribution in [2.24, 2.45) is 5.92 Å². The number of nitrogens with zero attached hydrogens (tertiary/aromatic N) is 2. The van der Waals surface area contributed by atoms with Gasteiger partial charge in [0.2, 0.25) is 0 Å². The summed E-state index contributed by atoms with van der Waals surface area (Å²) >= 11 is 5.85. The first-order valence-corrected chi connectivity index (χ1v) is 5.79. The van der Waals surface area contributed by atoms with Gasteiger partial charge in [-0.25, -0.2) is 9.97 Å². The molecule has 0 unspecified atom stereocenters. The lowest BCUT2D eigenvalue weighted by atomic mass is 10.0. The van der Waals surface area contributed by atoms with Gasteiger partial charge in [-0.15, -0.1) is 0 Å². The van der Waals surface area contributed by atoms with Gasteiger partial charge in [-0.2, -0.15) is 0 Å². The van der Waals surface area contributed by atoms with E-state index in [4.69, 9.17) is 16.7 Å². The highest BCUT2D eigenvalue weighted by molar-refractivity contribution is 6.29. The third-order valence-electron chi connectivity index (χ3n) is 2.38. The molecule has 0 saturated heterocycles. The molecular weight excluding hydrogens is 226 g/mol. The highest BCUT2D eigenvalue weighted by Crippen LogP contribution is 2.16. The Morgan fingerprint density at radius 2 is 2.12 bits per heavy atom. The molecule has 1 atom stereocenters. The third-order valence-corrected chi connectivity index (χ3v) is 2.58. The number of aliphatic hydroxyl groups excluding tert-OH is 1. The molecule has 90 valence electrons. The van der Waals surface area contributed by atoms with E-state index in [0.717, 1.165) is 0 Å². The van der Waals surface area contributed by atoms with Crippen LogP contribution in [-0.2, 0) is 0 Å². The second-order valence-electron chi connectivity index (χ2n) is 4.13. The molecule has 0 amide bonds. The predicted octanol–water partition coefficient (Wildman–Crippen LogP) is 2.26. The summed E-state index contributed by atoms with van der Waals surface area (Å²) in [5, 5.41) is 12.7. The van der Waals surface area contributed by atoms with Crippen molar-refractivity contribution in [3.05, 3.63) is 17.0 Å². The summed E-state index contributed by atoms with van der Waals surface area (Å²) in [6, 6.07) is 1.89. The highest BCUT2D eigenvalue weighted by Gasteiger charge is 2.13. The minimum atomic E-state index is 0.160. The maximum atomic E-state index is 8.97. The molecule has 1 heterocycles. The van der Waals surface area contributed by atoms with Crippen LogP contribution in [0, 0.1) is 12.8 Å². The summed E-state index contributed by atoms with van der Waals surface area (Å²) in [4.78, 5) is 8.25. The van der Waals surface area contributed by atoms with Crippen molar-refractivity contribution in [3.63, 3.8) is 0 Å². The van der Waals surface area contributed by atoms with E-state index in [-0.39, 0.29) is 12.6 Å². The number of hydrogen-bond donors (Lipinski definition) is 2. The normalized spacial score (nSPS) is 12.9. The van der Waals surface area contributed by atoms with E-state index >= 15 is 0 Å². The molecule has 0 radical (unpaired) electrons. The molecule has 1 rings (SSSR count). The first-order chi connectivity index (χ1) is 7.52. The van der Waals surface area contributed by atoms with Crippen LogP contribution in [0.25, 0.3) is 0 Å². The summed E-state index contributed by atoms with van der Waals surface area (Å²) < 4.78 is 0. The van der Waals surface area contributed by atoms with E-state index < -0.39 is 0 Å². The largest absolute Gasteiger partial charge is 0.396 e. The number of aliphatic hydroxyl groups is 1. The van der Waals surface area contributed by atoms with Crippen molar-refractivity contribution in [1.82, 2.24) is 9.97 Å². The topological polar surface area (TPSA) is 58.0 Å². The summed E-state index contributed by atoms with van der Waals surface area (Å²) in [6.07, 6.45) is 0.693. The lowest BCUT2D eigenvalue weighted by molar-refractivity contribution is 0.267. The van der Waals surface area contributed by atoms with Crippen molar-refractivity contribution in [1.29, 1.82) is 0 Å². The molecule has 0 bridgehead atoms. The zero-order valence-corrected chi connectivity index (χ0v) is 10.6. The van der Waals surface area contributed by atoms with Crippen LogP contribution >= 0.6 is 11.6 Å². The molecular formula is C11H18ClN3O. The van der Waals surface area contributed by atoms with E-state index in [1.807, 2.05) is 0 Å². The average molecular weight is 244 g/mol. The van der Waals surface area contributed by atoms with Gasteiger partial charge in [-0.1, -0.05) is 25.4 Å². The first kappa shape index (κ1) is 13.2. The Hall–Kier alpha value is -0.870. The number of hydrogen-bond acceptors (Lipinski definition) is 4. The molecule has 0 aromatic carbocycles. The molecule has 2 N–H and O–H groups in total. The summed E-state index contributed by atoms with van der Waals surface area (Å²) in [6.45, 7) is 6.16. The van der Waals surface area contributed by atoms with E-state index in [1.54, 1.807) is 13.0 Å². The van der Waals surface area contributed by atoms with Gasteiger partial charge in [0.25, 0.3) is 0 Å². The molecule has 1 aromatic heterocycles. The van der Waals surface area contributed by atoms with Gasteiger partial charge < -0.3 is 10.4 Å². The molecule has 0 fully saturated rings. The molecule has 0 spiro atoms. The van der Waals surface area contributed by atoms with Crippen LogP contribution < -0.4 is 5.32 Å². The van der Waals surface area contributed by atoms with Gasteiger partial charge >= 0.3 is 0 Å². The Morgan fingerprint density at radius 1 is 1.44 bits per heavy atom. The summed E-state index contributed by atoms with van der Waals surface area (Å²) in [7, 11) is 0. The van der Waals surface area contributed by atoms with Crippen molar-refractivity contribution >= 4 is 17.4 Å². The monoisotopic (exact) mass is 243 g/mol. The second-order valence-corrected chi connectivity index (χ2v) is 4.52. The number of anilines is 1. The molecule has 0 aliphatic rings. The maximum Gasteiger partial charge on any atom is 0.134 e. The quantitative estimate of drug-likeness (QED) is 0.779. The molecule has 0 aliphatic carbocycles. The van der Waals surface area contributed by atoms with E-state index in [9.17, 15) is 0 Å². The highest BCUT2D eigenvalue weighted by atomic mass is 35.5. The first-order valence-electron chi connectivity index (χ1n) is 5.41. The van der Waals surface area contributed by atoms with Crippen LogP contribution in [0.15, 0.2) is 6.07 Å². The van der Waals surface area contributed by atoms with E-state index in [2.05, 4.69) is 29.1 Å². The van der Waals surface area contributed by atoms with Crippen LogP contribution in [-0.4, -0.2) is 27.7 Å². The van der Waals surface area contributed by atoms with Crippen molar-refractivity contribution in [3.8, 4) is 0 Å². The zero-order valence-electron chi connectivity index (χ0n) is 9.87. The van der Waals surface area contributed by atoms with Gasteiger partial charge in [-0.05, 0) is 19.3 Å². The van der Waals surface area contributed by atoms with E-state index in [0.29, 0.717) is 29.1 Å². The molecule has 0 aliphatic heterocycles. The molecule has 1 aromatic rings. The van der Waals surface area contributed by atoms with Gasteiger partial charge in [0.05, 0.1) is 0 Å². The summed E-state index contributed by atoms with van der Waals surface area (Å²) in [5.74, 6) is 1.77. The van der Waals surface area contributed by atoms with Gasteiger partial charge in [0.15, 0.2) is 0 Å². The van der Waals surface area contributed by atoms with Crippen molar-refractivity contribution in [2.75, 3.05) is 11.9 Å². The minimum Gasteiger partial charge on any atom is -0.396 e. The lowest BCUT2D eigenvalue weighted by Crippen LogP contribution is -2.27. The smallest absolute Gasteiger partial charge is 0.134 e. The van der Waals surface area contributed by atoms with Crippen LogP contribution in [0.1, 0.15) is 26.1 Å². The number of nitrogens with one attached hydrogen (secondary N) is 1. The Labute approximate surface area is 101 Å². The summed E-state index contributed by atoms with van der Waals surface area (Å²) in [5.41, 5.74) is 0. The Balaban J connectivity index is 2.76. The van der Waals surface area contributed by atoms with E-state index in [1.165, 1.54) is 0 Å². The maximum absolute atomic E-state index is 8.97. The van der Waals surface area contributed by atoms with Crippen LogP contribution in [0.3, 0.4) is 0 Å². The number of halogens is 1. The Kier molecular flexibility index (Phi) is 4.96. The lowest BCUT2D eigenvalue weighted by Gasteiger charge is -2.22. The second kappa shape index (κ2) is 6.01. The number of aryl methyl sites for hydroxylation is 1. The van der Waals surface area contributed by atoms with Crippen molar-refractivity contribution in [2.45, 2.75) is 33.2 Å². The fraction of sp³-hybridized carbons (Fsp3) is 0.636. The fourth-order valence-corrected chi connectivity index (χ4v) is 1.73. The number of rotatable bonds is 5.